The van der Waals surface area contributed by atoms with Crippen LogP contribution in [0, 0.1) is 5.92 Å². The first-order valence-electron chi connectivity index (χ1n) is 8.65. The molecule has 2 N–H and O–H groups in total. The highest BCUT2D eigenvalue weighted by Crippen LogP contribution is 2.37. The number of nitrogen functional groups attached to an aromatic ring is 1. The van der Waals surface area contributed by atoms with Crippen LogP contribution in [-0.4, -0.2) is 0 Å². The van der Waals surface area contributed by atoms with E-state index in [1.165, 1.54) is 69.8 Å². The molecule has 0 atom stereocenters. The highest BCUT2D eigenvalue weighted by Gasteiger charge is 2.21. The topological polar surface area (TPSA) is 26.0 Å². The van der Waals surface area contributed by atoms with Gasteiger partial charge in [-0.05, 0) is 55.2 Å². The fraction of sp³-hybridized carbons (Fsp3) is 0.684. The Labute approximate surface area is 125 Å². The molecule has 1 aliphatic carbocycles. The van der Waals surface area contributed by atoms with Crippen LogP contribution in [0.4, 0.5) is 5.69 Å². The van der Waals surface area contributed by atoms with E-state index in [1.807, 2.05) is 0 Å². The summed E-state index contributed by atoms with van der Waals surface area (Å²) in [5, 5.41) is 0. The van der Waals surface area contributed by atoms with Gasteiger partial charge in [-0.15, -0.1) is 0 Å². The van der Waals surface area contributed by atoms with Crippen molar-refractivity contribution in [2.45, 2.75) is 77.0 Å². The third kappa shape index (κ3) is 4.85. The van der Waals surface area contributed by atoms with Crippen LogP contribution in [0.25, 0.3) is 0 Å². The third-order valence-electron chi connectivity index (χ3n) is 4.97. The van der Waals surface area contributed by atoms with E-state index in [9.17, 15) is 0 Å². The molecule has 0 radical (unpaired) electrons. The minimum Gasteiger partial charge on any atom is -0.399 e. The van der Waals surface area contributed by atoms with E-state index in [4.69, 9.17) is 5.73 Å². The Balaban J connectivity index is 1.66. The Bertz CT molecular complexity index is 360. The monoisotopic (exact) mass is 273 g/mol. The van der Waals surface area contributed by atoms with Crippen LogP contribution in [0.5, 0.6) is 0 Å². The molecule has 1 aliphatic rings. The molecule has 1 saturated carbocycles. The number of nitrogens with two attached hydrogens (primary N) is 1. The van der Waals surface area contributed by atoms with Crippen LogP contribution < -0.4 is 5.73 Å². The summed E-state index contributed by atoms with van der Waals surface area (Å²) in [5.41, 5.74) is 8.15. The van der Waals surface area contributed by atoms with Crippen molar-refractivity contribution in [2.24, 2.45) is 5.92 Å². The lowest BCUT2D eigenvalue weighted by atomic mass is 9.77. The maximum absolute atomic E-state index is 5.77. The fourth-order valence-electron chi connectivity index (χ4n) is 3.59. The van der Waals surface area contributed by atoms with Crippen LogP contribution in [0.1, 0.15) is 82.6 Å². The molecule has 1 heteroatoms. The summed E-state index contributed by atoms with van der Waals surface area (Å²) < 4.78 is 0. The van der Waals surface area contributed by atoms with E-state index in [-0.39, 0.29) is 0 Å². The molecule has 0 saturated heterocycles. The van der Waals surface area contributed by atoms with Gasteiger partial charge in [0.25, 0.3) is 0 Å². The standard InChI is InChI=1S/C19H31N/c1-2-3-4-5-6-7-16-8-10-17(11-9-16)18-12-14-19(20)15-13-18/h12-17H,2-11,20H2,1H3/t16-,17-. The summed E-state index contributed by atoms with van der Waals surface area (Å²) in [6.07, 6.45) is 14.2. The molecule has 20 heavy (non-hydrogen) atoms. The fourth-order valence-corrected chi connectivity index (χ4v) is 3.59. The van der Waals surface area contributed by atoms with Crippen molar-refractivity contribution in [1.29, 1.82) is 0 Å². The van der Waals surface area contributed by atoms with Gasteiger partial charge in [-0.3, -0.25) is 0 Å². The van der Waals surface area contributed by atoms with Gasteiger partial charge >= 0.3 is 0 Å². The second-order valence-electron chi connectivity index (χ2n) is 6.59. The first-order chi connectivity index (χ1) is 9.79. The molecule has 0 amide bonds. The summed E-state index contributed by atoms with van der Waals surface area (Å²) in [4.78, 5) is 0. The number of anilines is 1. The van der Waals surface area contributed by atoms with Gasteiger partial charge in [0.15, 0.2) is 0 Å². The van der Waals surface area contributed by atoms with E-state index in [0.717, 1.165) is 17.5 Å². The Morgan fingerprint density at radius 1 is 0.900 bits per heavy atom. The van der Waals surface area contributed by atoms with E-state index in [2.05, 4.69) is 31.2 Å². The largest absolute Gasteiger partial charge is 0.399 e. The minimum atomic E-state index is 0.784. The SMILES string of the molecule is CCCCCCC[C@H]1CC[C@H](c2ccc(N)cc2)CC1. The van der Waals surface area contributed by atoms with E-state index in [1.54, 1.807) is 0 Å². The minimum absolute atomic E-state index is 0.784. The molecule has 0 bridgehead atoms. The van der Waals surface area contributed by atoms with E-state index < -0.39 is 0 Å². The third-order valence-corrected chi connectivity index (χ3v) is 4.97. The van der Waals surface area contributed by atoms with Gasteiger partial charge < -0.3 is 5.73 Å². The second-order valence-corrected chi connectivity index (χ2v) is 6.59. The van der Waals surface area contributed by atoms with E-state index in [0.29, 0.717) is 0 Å². The molecule has 0 heterocycles. The molecule has 0 aliphatic heterocycles. The van der Waals surface area contributed by atoms with Crippen LogP contribution in [-0.2, 0) is 0 Å². The van der Waals surface area contributed by atoms with Gasteiger partial charge in [0.2, 0.25) is 0 Å². The molecule has 1 aromatic rings. The quantitative estimate of drug-likeness (QED) is 0.485. The van der Waals surface area contributed by atoms with E-state index >= 15 is 0 Å². The van der Waals surface area contributed by atoms with Gasteiger partial charge in [-0.1, -0.05) is 57.6 Å². The molecule has 1 nitrogen and oxygen atoms in total. The molecular weight excluding hydrogens is 242 g/mol. The molecule has 2 rings (SSSR count). The molecule has 112 valence electrons. The maximum atomic E-state index is 5.77. The Kier molecular flexibility index (Phi) is 6.42. The molecule has 0 aromatic heterocycles. The number of hydrogen-bond donors (Lipinski definition) is 1. The number of rotatable bonds is 7. The Hall–Kier alpha value is -0.980. The molecule has 0 unspecified atom stereocenters. The van der Waals surface area contributed by atoms with Crippen LogP contribution in [0.15, 0.2) is 24.3 Å². The van der Waals surface area contributed by atoms with Gasteiger partial charge in [0.1, 0.15) is 0 Å². The average molecular weight is 273 g/mol. The molecule has 0 spiro atoms. The summed E-state index contributed by atoms with van der Waals surface area (Å²) in [6.45, 7) is 2.29. The van der Waals surface area contributed by atoms with Crippen molar-refractivity contribution in [3.05, 3.63) is 29.8 Å². The lowest BCUT2D eigenvalue weighted by molar-refractivity contribution is 0.302. The van der Waals surface area contributed by atoms with Crippen LogP contribution >= 0.6 is 0 Å². The second kappa shape index (κ2) is 8.34. The van der Waals surface area contributed by atoms with Crippen LogP contribution in [0.3, 0.4) is 0 Å². The van der Waals surface area contributed by atoms with Crippen molar-refractivity contribution in [2.75, 3.05) is 5.73 Å². The Morgan fingerprint density at radius 3 is 2.20 bits per heavy atom. The number of unbranched alkanes of at least 4 members (excludes halogenated alkanes) is 4. The average Bonchev–Trinajstić information content (AvgIpc) is 2.49. The van der Waals surface area contributed by atoms with Gasteiger partial charge in [0.05, 0.1) is 0 Å². The number of hydrogen-bond acceptors (Lipinski definition) is 1. The summed E-state index contributed by atoms with van der Waals surface area (Å²) in [6, 6.07) is 8.56. The first-order valence-corrected chi connectivity index (χ1v) is 8.65. The predicted molar refractivity (Wildman–Crippen MR) is 88.9 cm³/mol. The van der Waals surface area contributed by atoms with Gasteiger partial charge in [-0.2, -0.15) is 0 Å². The van der Waals surface area contributed by atoms with Crippen molar-refractivity contribution >= 4 is 5.69 Å². The van der Waals surface area contributed by atoms with Crippen LogP contribution in [0.2, 0.25) is 0 Å². The maximum Gasteiger partial charge on any atom is 0.0314 e. The molecular formula is C19H31N. The van der Waals surface area contributed by atoms with Crippen molar-refractivity contribution in [3.8, 4) is 0 Å². The zero-order valence-corrected chi connectivity index (χ0v) is 13.1. The zero-order valence-electron chi connectivity index (χ0n) is 13.1. The van der Waals surface area contributed by atoms with Crippen molar-refractivity contribution in [3.63, 3.8) is 0 Å². The lowest BCUT2D eigenvalue weighted by Crippen LogP contribution is -2.13. The molecule has 1 aromatic carbocycles. The zero-order chi connectivity index (χ0) is 14.2. The van der Waals surface area contributed by atoms with Gasteiger partial charge in [-0.25, -0.2) is 0 Å². The first kappa shape index (κ1) is 15.4. The lowest BCUT2D eigenvalue weighted by Gasteiger charge is -2.29. The summed E-state index contributed by atoms with van der Waals surface area (Å²) in [7, 11) is 0. The Morgan fingerprint density at radius 2 is 1.55 bits per heavy atom. The predicted octanol–water partition coefficient (Wildman–Crippen LogP) is 5.90. The normalized spacial score (nSPS) is 22.9. The molecule has 1 fully saturated rings. The number of benzene rings is 1. The highest BCUT2D eigenvalue weighted by molar-refractivity contribution is 5.40. The van der Waals surface area contributed by atoms with Gasteiger partial charge in [0, 0.05) is 5.69 Å². The smallest absolute Gasteiger partial charge is 0.0314 e. The highest BCUT2D eigenvalue weighted by atomic mass is 14.5. The van der Waals surface area contributed by atoms with Crippen molar-refractivity contribution in [1.82, 2.24) is 0 Å². The summed E-state index contributed by atoms with van der Waals surface area (Å²) in [5.74, 6) is 1.79. The summed E-state index contributed by atoms with van der Waals surface area (Å²) >= 11 is 0. The van der Waals surface area contributed by atoms with Crippen molar-refractivity contribution < 1.29 is 0 Å².